The summed E-state index contributed by atoms with van der Waals surface area (Å²) in [6.07, 6.45) is -0.0191. The summed E-state index contributed by atoms with van der Waals surface area (Å²) in [6, 6.07) is 13.4. The van der Waals surface area contributed by atoms with Gasteiger partial charge in [0.05, 0.1) is 12.5 Å². The summed E-state index contributed by atoms with van der Waals surface area (Å²) in [5.74, 6) is 1.10. The van der Waals surface area contributed by atoms with Gasteiger partial charge in [-0.3, -0.25) is 9.59 Å². The lowest BCUT2D eigenvalue weighted by Crippen LogP contribution is -2.48. The second-order valence-corrected chi connectivity index (χ2v) is 6.86. The van der Waals surface area contributed by atoms with Crippen molar-refractivity contribution in [3.05, 3.63) is 42.5 Å². The normalized spacial score (nSPS) is 17.7. The van der Waals surface area contributed by atoms with Crippen molar-refractivity contribution >= 4 is 34.4 Å². The third kappa shape index (κ3) is 4.00. The Morgan fingerprint density at radius 1 is 1.21 bits per heavy atom. The third-order valence-corrected chi connectivity index (χ3v) is 5.13. The number of carbonyl (C=O) groups is 2. The number of rotatable bonds is 5. The molecule has 5 nitrogen and oxygen atoms in total. The molecule has 126 valence electrons. The zero-order valence-electron chi connectivity index (χ0n) is 13.2. The maximum absolute atomic E-state index is 12.4. The van der Waals surface area contributed by atoms with E-state index in [0.717, 1.165) is 16.5 Å². The van der Waals surface area contributed by atoms with E-state index in [1.807, 2.05) is 42.5 Å². The highest BCUT2D eigenvalue weighted by atomic mass is 32.2. The Morgan fingerprint density at radius 3 is 2.79 bits per heavy atom. The number of aliphatic carboxylic acids is 1. The van der Waals surface area contributed by atoms with Gasteiger partial charge in [-0.2, -0.15) is 11.8 Å². The first kappa shape index (κ1) is 16.6. The largest absolute Gasteiger partial charge is 0.484 e. The Balaban J connectivity index is 1.63. The Labute approximate surface area is 144 Å². The molecule has 1 N–H and O–H groups in total. The molecule has 1 atom stereocenters. The predicted octanol–water partition coefficient (Wildman–Crippen LogP) is 2.64. The Kier molecular flexibility index (Phi) is 5.25. The van der Waals surface area contributed by atoms with Crippen LogP contribution in [0.25, 0.3) is 10.8 Å². The van der Waals surface area contributed by atoms with Crippen molar-refractivity contribution < 1.29 is 19.4 Å². The van der Waals surface area contributed by atoms with Crippen LogP contribution in [0.1, 0.15) is 6.42 Å². The first-order valence-electron chi connectivity index (χ1n) is 7.84. The van der Waals surface area contributed by atoms with E-state index in [-0.39, 0.29) is 25.0 Å². The summed E-state index contributed by atoms with van der Waals surface area (Å²) in [6.45, 7) is 0.502. The van der Waals surface area contributed by atoms with Crippen molar-refractivity contribution in [1.82, 2.24) is 4.90 Å². The molecule has 1 unspecified atom stereocenters. The quantitative estimate of drug-likeness (QED) is 0.902. The number of carboxylic acid groups (broad SMARTS) is 1. The number of carbonyl (C=O) groups excluding carboxylic acids is 1. The van der Waals surface area contributed by atoms with Crippen LogP contribution >= 0.6 is 11.8 Å². The summed E-state index contributed by atoms with van der Waals surface area (Å²) in [4.78, 5) is 25.0. The highest BCUT2D eigenvalue weighted by molar-refractivity contribution is 7.99. The molecule has 1 amide bonds. The maximum atomic E-state index is 12.4. The van der Waals surface area contributed by atoms with E-state index in [0.29, 0.717) is 18.0 Å². The number of hydrogen-bond acceptors (Lipinski definition) is 4. The minimum absolute atomic E-state index is 0.0191. The van der Waals surface area contributed by atoms with Crippen molar-refractivity contribution in [1.29, 1.82) is 0 Å². The fourth-order valence-electron chi connectivity index (χ4n) is 2.84. The lowest BCUT2D eigenvalue weighted by atomic mass is 10.1. The molecule has 0 bridgehead atoms. The van der Waals surface area contributed by atoms with Crippen LogP contribution < -0.4 is 4.74 Å². The zero-order valence-corrected chi connectivity index (χ0v) is 14.0. The molecule has 0 radical (unpaired) electrons. The molecule has 0 aromatic heterocycles. The second-order valence-electron chi connectivity index (χ2n) is 5.71. The topological polar surface area (TPSA) is 66.8 Å². The number of amides is 1. The molecule has 2 aromatic rings. The molecule has 1 heterocycles. The van der Waals surface area contributed by atoms with E-state index in [4.69, 9.17) is 9.84 Å². The van der Waals surface area contributed by atoms with Crippen LogP contribution in [0.15, 0.2) is 42.5 Å². The van der Waals surface area contributed by atoms with Gasteiger partial charge in [-0.15, -0.1) is 0 Å². The molecule has 1 saturated heterocycles. The van der Waals surface area contributed by atoms with Crippen molar-refractivity contribution in [3.63, 3.8) is 0 Å². The monoisotopic (exact) mass is 345 g/mol. The van der Waals surface area contributed by atoms with Crippen molar-refractivity contribution in [2.45, 2.75) is 12.5 Å². The highest BCUT2D eigenvalue weighted by Crippen LogP contribution is 2.22. The average molecular weight is 345 g/mol. The van der Waals surface area contributed by atoms with Gasteiger partial charge in [-0.05, 0) is 22.9 Å². The smallest absolute Gasteiger partial charge is 0.305 e. The standard InChI is InChI=1S/C18H19NO4S/c20-17(19-7-8-24-12-15(19)10-18(21)22)11-23-16-6-5-13-3-1-2-4-14(13)9-16/h1-6,9,15H,7-8,10-12H2,(H,21,22). The van der Waals surface area contributed by atoms with E-state index in [1.165, 1.54) is 0 Å². The van der Waals surface area contributed by atoms with Crippen LogP contribution in [0.5, 0.6) is 5.75 Å². The van der Waals surface area contributed by atoms with Gasteiger partial charge in [0.25, 0.3) is 5.91 Å². The van der Waals surface area contributed by atoms with E-state index >= 15 is 0 Å². The van der Waals surface area contributed by atoms with Gasteiger partial charge in [0, 0.05) is 18.1 Å². The first-order valence-corrected chi connectivity index (χ1v) is 8.99. The van der Waals surface area contributed by atoms with E-state index in [9.17, 15) is 9.59 Å². The van der Waals surface area contributed by atoms with Gasteiger partial charge >= 0.3 is 5.97 Å². The van der Waals surface area contributed by atoms with Crippen LogP contribution in [-0.2, 0) is 9.59 Å². The minimum Gasteiger partial charge on any atom is -0.484 e. The van der Waals surface area contributed by atoms with Crippen LogP contribution in [0.3, 0.4) is 0 Å². The van der Waals surface area contributed by atoms with Gasteiger partial charge in [-0.1, -0.05) is 30.3 Å². The number of benzene rings is 2. The third-order valence-electron chi connectivity index (χ3n) is 4.04. The molecule has 0 aliphatic carbocycles. The number of carboxylic acids is 1. The summed E-state index contributed by atoms with van der Waals surface area (Å²) >= 11 is 1.68. The molecular formula is C18H19NO4S. The van der Waals surface area contributed by atoms with E-state index in [1.54, 1.807) is 16.7 Å². The van der Waals surface area contributed by atoms with Crippen LogP contribution in [-0.4, -0.2) is 52.6 Å². The summed E-state index contributed by atoms with van der Waals surface area (Å²) in [5.41, 5.74) is 0. The predicted molar refractivity (Wildman–Crippen MR) is 94.5 cm³/mol. The number of nitrogens with zero attached hydrogens (tertiary/aromatic N) is 1. The van der Waals surface area contributed by atoms with E-state index in [2.05, 4.69) is 0 Å². The van der Waals surface area contributed by atoms with Crippen LogP contribution in [0.2, 0.25) is 0 Å². The van der Waals surface area contributed by atoms with Gasteiger partial charge in [0.1, 0.15) is 5.75 Å². The number of hydrogen-bond donors (Lipinski definition) is 1. The lowest BCUT2D eigenvalue weighted by molar-refractivity contribution is -0.141. The molecular weight excluding hydrogens is 326 g/mol. The van der Waals surface area contributed by atoms with Gasteiger partial charge < -0.3 is 14.7 Å². The molecule has 1 aliphatic heterocycles. The van der Waals surface area contributed by atoms with Crippen molar-refractivity contribution in [2.24, 2.45) is 0 Å². The Hall–Kier alpha value is -2.21. The van der Waals surface area contributed by atoms with Gasteiger partial charge in [-0.25, -0.2) is 0 Å². The fourth-order valence-corrected chi connectivity index (χ4v) is 3.90. The van der Waals surface area contributed by atoms with Gasteiger partial charge in [0.15, 0.2) is 6.61 Å². The average Bonchev–Trinajstić information content (AvgIpc) is 2.59. The summed E-state index contributed by atoms with van der Waals surface area (Å²) in [5, 5.41) is 11.2. The zero-order chi connectivity index (χ0) is 16.9. The Bertz CT molecular complexity index is 749. The summed E-state index contributed by atoms with van der Waals surface area (Å²) in [7, 11) is 0. The number of ether oxygens (including phenoxy) is 1. The molecule has 24 heavy (non-hydrogen) atoms. The SMILES string of the molecule is O=C(O)CC1CSCCN1C(=O)COc1ccc2ccccc2c1. The molecule has 0 saturated carbocycles. The highest BCUT2D eigenvalue weighted by Gasteiger charge is 2.28. The second kappa shape index (κ2) is 7.57. The molecule has 0 spiro atoms. The van der Waals surface area contributed by atoms with E-state index < -0.39 is 5.97 Å². The minimum atomic E-state index is -0.879. The molecule has 2 aromatic carbocycles. The lowest BCUT2D eigenvalue weighted by Gasteiger charge is -2.34. The number of fused-ring (bicyclic) bond motifs is 1. The molecule has 1 aliphatic rings. The Morgan fingerprint density at radius 2 is 2.00 bits per heavy atom. The van der Waals surface area contributed by atoms with Crippen molar-refractivity contribution in [3.8, 4) is 5.75 Å². The first-order chi connectivity index (χ1) is 11.6. The molecule has 1 fully saturated rings. The number of thioether (sulfide) groups is 1. The van der Waals surface area contributed by atoms with Crippen molar-refractivity contribution in [2.75, 3.05) is 24.7 Å². The maximum Gasteiger partial charge on any atom is 0.305 e. The summed E-state index contributed by atoms with van der Waals surface area (Å²) < 4.78 is 5.64. The van der Waals surface area contributed by atoms with Crippen LogP contribution in [0.4, 0.5) is 0 Å². The fraction of sp³-hybridized carbons (Fsp3) is 0.333. The molecule has 6 heteroatoms. The van der Waals surface area contributed by atoms with Crippen LogP contribution in [0, 0.1) is 0 Å². The molecule has 3 rings (SSSR count). The van der Waals surface area contributed by atoms with Gasteiger partial charge in [0.2, 0.25) is 0 Å².